The zero-order valence-electron chi connectivity index (χ0n) is 15.5. The fourth-order valence-electron chi connectivity index (χ4n) is 3.57. The molecule has 146 valence electrons. The van der Waals surface area contributed by atoms with Gasteiger partial charge in [0.1, 0.15) is 0 Å². The lowest BCUT2D eigenvalue weighted by Gasteiger charge is -2.07. The molecule has 0 saturated heterocycles. The lowest BCUT2D eigenvalue weighted by molar-refractivity contribution is 1.76. The highest BCUT2D eigenvalue weighted by Crippen LogP contribution is 2.51. The molecule has 0 N–H and O–H groups in total. The quantitative estimate of drug-likeness (QED) is 0.223. The Labute approximate surface area is 199 Å². The maximum absolute atomic E-state index is 2.37. The van der Waals surface area contributed by atoms with E-state index in [1.165, 1.54) is 51.5 Å². The van der Waals surface area contributed by atoms with E-state index < -0.39 is 0 Å². The third kappa shape index (κ3) is 3.28. The summed E-state index contributed by atoms with van der Waals surface area (Å²) in [5.74, 6) is 0. The van der Waals surface area contributed by atoms with Crippen LogP contribution in [0.15, 0.2) is 80.8 Å². The minimum absolute atomic E-state index is 1.33. The summed E-state index contributed by atoms with van der Waals surface area (Å²) in [5.41, 5.74) is 5.40. The molecule has 0 bridgehead atoms. The predicted molar refractivity (Wildman–Crippen MR) is 141 cm³/mol. The molecule has 0 spiro atoms. The largest absolute Gasteiger partial charge is 0.143 e. The summed E-state index contributed by atoms with van der Waals surface area (Å²) in [6, 6.07) is 17.8. The Balaban J connectivity index is 1.56. The average Bonchev–Trinajstić information content (AvgIpc) is 3.61. The van der Waals surface area contributed by atoms with Crippen LogP contribution in [0.5, 0.6) is 0 Å². The molecule has 6 rings (SSSR count). The highest BCUT2D eigenvalue weighted by Gasteiger charge is 2.22. The van der Waals surface area contributed by atoms with Gasteiger partial charge in [-0.1, -0.05) is 18.2 Å². The average molecular weight is 495 g/mol. The third-order valence-corrected chi connectivity index (χ3v) is 10.9. The van der Waals surface area contributed by atoms with Gasteiger partial charge in [0.05, 0.1) is 9.75 Å². The molecule has 6 aromatic rings. The van der Waals surface area contributed by atoms with Gasteiger partial charge in [-0.05, 0) is 68.2 Å². The molecule has 0 aliphatic heterocycles. The summed E-state index contributed by atoms with van der Waals surface area (Å²) >= 11 is 11.0. The SMILES string of the molecule is c1csc(-c2cc(-c3c(-c4ccsc4-c4cccs4)csc3-c3cccs3)cs2)c1. The Hall–Kier alpha value is -1.80. The van der Waals surface area contributed by atoms with Crippen molar-refractivity contribution < 1.29 is 0 Å². The van der Waals surface area contributed by atoms with E-state index in [9.17, 15) is 0 Å². The molecule has 0 aliphatic rings. The lowest BCUT2D eigenvalue weighted by Crippen LogP contribution is -1.81. The molecular formula is C24H14S6. The van der Waals surface area contributed by atoms with Crippen LogP contribution in [0.25, 0.3) is 51.5 Å². The first-order valence-corrected chi connectivity index (χ1v) is 14.6. The third-order valence-electron chi connectivity index (χ3n) is 4.89. The molecule has 0 unspecified atom stereocenters. The number of rotatable bonds is 5. The van der Waals surface area contributed by atoms with Crippen LogP contribution in [-0.4, -0.2) is 0 Å². The van der Waals surface area contributed by atoms with Crippen LogP contribution in [0.1, 0.15) is 0 Å². The van der Waals surface area contributed by atoms with Gasteiger partial charge in [-0.3, -0.25) is 0 Å². The van der Waals surface area contributed by atoms with Gasteiger partial charge >= 0.3 is 0 Å². The molecule has 30 heavy (non-hydrogen) atoms. The zero-order chi connectivity index (χ0) is 19.9. The number of hydrogen-bond donors (Lipinski definition) is 0. The van der Waals surface area contributed by atoms with Gasteiger partial charge in [0.25, 0.3) is 0 Å². The Bertz CT molecular complexity index is 1370. The van der Waals surface area contributed by atoms with Crippen molar-refractivity contribution in [2.75, 3.05) is 0 Å². The summed E-state index contributed by atoms with van der Waals surface area (Å²) in [5, 5.41) is 13.4. The molecule has 0 fully saturated rings. The molecule has 0 saturated carbocycles. The normalized spacial score (nSPS) is 11.3. The van der Waals surface area contributed by atoms with Crippen LogP contribution >= 0.6 is 68.0 Å². The smallest absolute Gasteiger partial charge is 0.0527 e. The summed E-state index contributed by atoms with van der Waals surface area (Å²) in [4.78, 5) is 8.13. The standard InChI is InChI=1S/C24H14S6/c1-4-18(25-8-1)21-12-15(13-29-21)22-17(14-30-24(22)20-6-3-10-27-20)16-7-11-28-23(16)19-5-2-9-26-19/h1-14H. The van der Waals surface area contributed by atoms with E-state index in [1.807, 2.05) is 68.0 Å². The monoisotopic (exact) mass is 494 g/mol. The highest BCUT2D eigenvalue weighted by molar-refractivity contribution is 7.22. The first-order valence-electron chi connectivity index (χ1n) is 9.28. The first kappa shape index (κ1) is 18.9. The molecule has 0 amide bonds. The van der Waals surface area contributed by atoms with E-state index in [4.69, 9.17) is 0 Å². The Morgan fingerprint density at radius 2 is 1.17 bits per heavy atom. The second-order valence-corrected chi connectivity index (χ2v) is 12.2. The van der Waals surface area contributed by atoms with E-state index in [1.54, 1.807) is 0 Å². The van der Waals surface area contributed by atoms with Crippen molar-refractivity contribution in [2.45, 2.75) is 0 Å². The fraction of sp³-hybridized carbons (Fsp3) is 0. The minimum Gasteiger partial charge on any atom is -0.143 e. The van der Waals surface area contributed by atoms with Gasteiger partial charge in [0.2, 0.25) is 0 Å². The van der Waals surface area contributed by atoms with E-state index >= 15 is 0 Å². The second-order valence-electron chi connectivity index (χ2n) is 6.65. The van der Waals surface area contributed by atoms with Crippen LogP contribution in [-0.2, 0) is 0 Å². The molecule has 6 heterocycles. The molecule has 0 atom stereocenters. The summed E-state index contributed by atoms with van der Waals surface area (Å²) in [6.07, 6.45) is 0. The lowest BCUT2D eigenvalue weighted by atomic mass is 9.98. The van der Waals surface area contributed by atoms with Gasteiger partial charge in [0, 0.05) is 36.2 Å². The number of hydrogen-bond acceptors (Lipinski definition) is 6. The van der Waals surface area contributed by atoms with Crippen molar-refractivity contribution in [2.24, 2.45) is 0 Å². The number of thiophene rings is 6. The van der Waals surface area contributed by atoms with Gasteiger partial charge < -0.3 is 0 Å². The van der Waals surface area contributed by atoms with E-state index in [-0.39, 0.29) is 0 Å². The molecule has 0 aliphatic carbocycles. The van der Waals surface area contributed by atoms with E-state index in [2.05, 4.69) is 80.8 Å². The molecular weight excluding hydrogens is 481 g/mol. The van der Waals surface area contributed by atoms with Crippen LogP contribution in [0.3, 0.4) is 0 Å². The Morgan fingerprint density at radius 1 is 0.467 bits per heavy atom. The maximum atomic E-state index is 2.37. The topological polar surface area (TPSA) is 0 Å². The molecule has 0 aromatic carbocycles. The molecule has 6 aromatic heterocycles. The fourth-order valence-corrected chi connectivity index (χ4v) is 9.08. The van der Waals surface area contributed by atoms with Crippen LogP contribution in [0.2, 0.25) is 0 Å². The Morgan fingerprint density at radius 3 is 1.87 bits per heavy atom. The highest BCUT2D eigenvalue weighted by atomic mass is 32.1. The van der Waals surface area contributed by atoms with E-state index in [0.717, 1.165) is 0 Å². The summed E-state index contributed by atoms with van der Waals surface area (Å²) in [7, 11) is 0. The Kier molecular flexibility index (Phi) is 5.07. The minimum atomic E-state index is 1.33. The molecule has 6 heteroatoms. The zero-order valence-corrected chi connectivity index (χ0v) is 20.4. The van der Waals surface area contributed by atoms with Crippen molar-refractivity contribution in [3.05, 3.63) is 80.8 Å². The molecule has 0 nitrogen and oxygen atoms in total. The van der Waals surface area contributed by atoms with Crippen molar-refractivity contribution >= 4 is 68.0 Å². The van der Waals surface area contributed by atoms with Gasteiger partial charge in [-0.2, -0.15) is 0 Å². The first-order chi connectivity index (χ1) is 14.9. The van der Waals surface area contributed by atoms with Gasteiger partial charge in [-0.15, -0.1) is 68.0 Å². The van der Waals surface area contributed by atoms with Gasteiger partial charge in [-0.25, -0.2) is 0 Å². The van der Waals surface area contributed by atoms with E-state index in [0.29, 0.717) is 0 Å². The second kappa shape index (κ2) is 8.04. The van der Waals surface area contributed by atoms with Crippen molar-refractivity contribution in [1.82, 2.24) is 0 Å². The van der Waals surface area contributed by atoms with Crippen molar-refractivity contribution in [1.29, 1.82) is 0 Å². The summed E-state index contributed by atoms with van der Waals surface area (Å²) < 4.78 is 0. The predicted octanol–water partition coefficient (Wildman–Crippen LogP) is 10.4. The van der Waals surface area contributed by atoms with Gasteiger partial charge in [0.15, 0.2) is 0 Å². The molecule has 0 radical (unpaired) electrons. The van der Waals surface area contributed by atoms with Crippen LogP contribution in [0, 0.1) is 0 Å². The van der Waals surface area contributed by atoms with Crippen molar-refractivity contribution in [3.8, 4) is 51.5 Å². The van der Waals surface area contributed by atoms with Crippen molar-refractivity contribution in [3.63, 3.8) is 0 Å². The maximum Gasteiger partial charge on any atom is 0.0527 e. The van der Waals surface area contributed by atoms with Crippen LogP contribution in [0.4, 0.5) is 0 Å². The summed E-state index contributed by atoms with van der Waals surface area (Å²) in [6.45, 7) is 0. The van der Waals surface area contributed by atoms with Crippen LogP contribution < -0.4 is 0 Å².